The molecule has 1 heterocycles. The van der Waals surface area contributed by atoms with Gasteiger partial charge in [-0.1, -0.05) is 0 Å². The van der Waals surface area contributed by atoms with Crippen LogP contribution < -0.4 is 5.32 Å². The summed E-state index contributed by atoms with van der Waals surface area (Å²) in [5.41, 5.74) is 1.22. The van der Waals surface area contributed by atoms with Gasteiger partial charge in [0.1, 0.15) is 12.1 Å². The minimum absolute atomic E-state index is 0.160. The highest BCUT2D eigenvalue weighted by molar-refractivity contribution is 9.10. The van der Waals surface area contributed by atoms with Gasteiger partial charge >= 0.3 is 0 Å². The van der Waals surface area contributed by atoms with E-state index in [1.807, 2.05) is 6.07 Å². The maximum Gasteiger partial charge on any atom is 0.251 e. The minimum Gasteiger partial charge on any atom is -0.373 e. The topological polar surface area (TPSA) is 73.2 Å². The summed E-state index contributed by atoms with van der Waals surface area (Å²) in [7, 11) is 1.47. The summed E-state index contributed by atoms with van der Waals surface area (Å²) in [5, 5.41) is 11.8. The number of nitrogens with zero attached hydrogens (tertiary/aromatic N) is 2. The van der Waals surface area contributed by atoms with Crippen molar-refractivity contribution >= 4 is 33.4 Å². The van der Waals surface area contributed by atoms with Gasteiger partial charge in [-0.3, -0.25) is 14.5 Å². The first-order valence-electron chi connectivity index (χ1n) is 5.29. The van der Waals surface area contributed by atoms with Crippen molar-refractivity contribution < 1.29 is 9.59 Å². The largest absolute Gasteiger partial charge is 0.373 e. The fraction of sp³-hybridized carbons (Fsp3) is 0.250. The number of nitrogens with one attached hydrogen (secondary N) is 1. The molecule has 1 aliphatic rings. The average Bonchev–Trinajstić information content (AvgIpc) is 2.57. The van der Waals surface area contributed by atoms with E-state index in [9.17, 15) is 9.59 Å². The van der Waals surface area contributed by atoms with Crippen LogP contribution in [0, 0.1) is 11.3 Å². The second kappa shape index (κ2) is 4.78. The van der Waals surface area contributed by atoms with Crippen LogP contribution in [0.5, 0.6) is 0 Å². The van der Waals surface area contributed by atoms with E-state index >= 15 is 0 Å². The first-order chi connectivity index (χ1) is 8.52. The van der Waals surface area contributed by atoms with Crippen molar-refractivity contribution in [3.05, 3.63) is 28.2 Å². The lowest BCUT2D eigenvalue weighted by Crippen LogP contribution is -2.31. The van der Waals surface area contributed by atoms with Gasteiger partial charge in [0.15, 0.2) is 0 Å². The lowest BCUT2D eigenvalue weighted by atomic mass is 10.2. The van der Waals surface area contributed by atoms with Crippen molar-refractivity contribution in [1.29, 1.82) is 5.26 Å². The zero-order chi connectivity index (χ0) is 13.3. The Morgan fingerprint density at radius 1 is 1.50 bits per heavy atom. The number of hydrogen-bond acceptors (Lipinski definition) is 4. The number of likely N-dealkylation sites (tertiary alicyclic amines) is 1. The van der Waals surface area contributed by atoms with Gasteiger partial charge in [0.2, 0.25) is 5.91 Å². The van der Waals surface area contributed by atoms with Crippen LogP contribution in [0.2, 0.25) is 0 Å². The number of nitriles is 1. The predicted molar refractivity (Wildman–Crippen MR) is 68.7 cm³/mol. The van der Waals surface area contributed by atoms with E-state index in [4.69, 9.17) is 5.26 Å². The number of imide groups is 1. The SMILES string of the molecule is CN1C(=O)CC(Nc2ccc(C#N)c(Br)c2)C1=O. The van der Waals surface area contributed by atoms with E-state index in [0.717, 1.165) is 4.90 Å². The molecule has 1 aliphatic heterocycles. The summed E-state index contributed by atoms with van der Waals surface area (Å²) < 4.78 is 0.653. The normalized spacial score (nSPS) is 18.9. The minimum atomic E-state index is -0.526. The standard InChI is InChI=1S/C12H10BrN3O2/c1-16-11(17)5-10(12(16)18)15-8-3-2-7(6-14)9(13)4-8/h2-4,10,15H,5H2,1H3. The quantitative estimate of drug-likeness (QED) is 0.840. The van der Waals surface area contributed by atoms with E-state index in [2.05, 4.69) is 21.2 Å². The molecule has 1 aromatic rings. The Morgan fingerprint density at radius 2 is 2.22 bits per heavy atom. The van der Waals surface area contributed by atoms with Crippen molar-refractivity contribution in [3.63, 3.8) is 0 Å². The van der Waals surface area contributed by atoms with Crippen LogP contribution in [0.3, 0.4) is 0 Å². The second-order valence-corrected chi connectivity index (χ2v) is 4.85. The molecule has 0 radical (unpaired) electrons. The molecular formula is C12H10BrN3O2. The van der Waals surface area contributed by atoms with E-state index in [1.54, 1.807) is 18.2 Å². The van der Waals surface area contributed by atoms with Gasteiger partial charge in [0, 0.05) is 17.2 Å². The molecule has 2 rings (SSSR count). The van der Waals surface area contributed by atoms with Gasteiger partial charge in [0.05, 0.1) is 12.0 Å². The summed E-state index contributed by atoms with van der Waals surface area (Å²) in [6.45, 7) is 0. The van der Waals surface area contributed by atoms with Crippen molar-refractivity contribution in [2.24, 2.45) is 0 Å². The van der Waals surface area contributed by atoms with Gasteiger partial charge in [-0.05, 0) is 34.1 Å². The Hall–Kier alpha value is -1.87. The van der Waals surface area contributed by atoms with Gasteiger partial charge in [0.25, 0.3) is 5.91 Å². The molecule has 0 saturated carbocycles. The summed E-state index contributed by atoms with van der Waals surface area (Å²) in [6, 6.07) is 6.58. The zero-order valence-electron chi connectivity index (χ0n) is 9.61. The van der Waals surface area contributed by atoms with Crippen LogP contribution >= 0.6 is 15.9 Å². The molecule has 1 aromatic carbocycles. The first kappa shape index (κ1) is 12.6. The van der Waals surface area contributed by atoms with Crippen LogP contribution in [-0.4, -0.2) is 29.8 Å². The number of halogens is 1. The Kier molecular flexibility index (Phi) is 3.34. The van der Waals surface area contributed by atoms with Crippen molar-refractivity contribution in [3.8, 4) is 6.07 Å². The van der Waals surface area contributed by atoms with Gasteiger partial charge in [-0.15, -0.1) is 0 Å². The number of amides is 2. The van der Waals surface area contributed by atoms with E-state index < -0.39 is 6.04 Å². The highest BCUT2D eigenvalue weighted by Crippen LogP contribution is 2.23. The van der Waals surface area contributed by atoms with Crippen LogP contribution in [0.4, 0.5) is 5.69 Å². The number of rotatable bonds is 2. The van der Waals surface area contributed by atoms with Crippen LogP contribution in [0.25, 0.3) is 0 Å². The van der Waals surface area contributed by atoms with Gasteiger partial charge < -0.3 is 5.32 Å². The summed E-state index contributed by atoms with van der Waals surface area (Å²) in [5.74, 6) is -0.425. The second-order valence-electron chi connectivity index (χ2n) is 4.00. The molecule has 1 saturated heterocycles. The fourth-order valence-corrected chi connectivity index (χ4v) is 2.23. The summed E-state index contributed by atoms with van der Waals surface area (Å²) in [6.07, 6.45) is 0.160. The maximum atomic E-state index is 11.7. The Balaban J connectivity index is 2.16. The van der Waals surface area contributed by atoms with Crippen molar-refractivity contribution in [1.82, 2.24) is 4.90 Å². The Bertz CT molecular complexity index is 565. The zero-order valence-corrected chi connectivity index (χ0v) is 11.2. The van der Waals surface area contributed by atoms with Crippen LogP contribution in [-0.2, 0) is 9.59 Å². The van der Waals surface area contributed by atoms with E-state index in [0.29, 0.717) is 15.7 Å². The fourth-order valence-electron chi connectivity index (χ4n) is 1.77. The molecule has 18 heavy (non-hydrogen) atoms. The molecular weight excluding hydrogens is 298 g/mol. The Morgan fingerprint density at radius 3 is 2.72 bits per heavy atom. The highest BCUT2D eigenvalue weighted by Gasteiger charge is 2.35. The third kappa shape index (κ3) is 2.22. The first-order valence-corrected chi connectivity index (χ1v) is 6.09. The molecule has 6 heteroatoms. The van der Waals surface area contributed by atoms with Crippen molar-refractivity contribution in [2.75, 3.05) is 12.4 Å². The summed E-state index contributed by atoms with van der Waals surface area (Å²) >= 11 is 3.27. The average molecular weight is 308 g/mol. The molecule has 0 bridgehead atoms. The van der Waals surface area contributed by atoms with Gasteiger partial charge in [-0.2, -0.15) is 5.26 Å². The molecule has 1 fully saturated rings. The molecule has 2 amide bonds. The number of carbonyl (C=O) groups is 2. The molecule has 0 aromatic heterocycles. The molecule has 0 aliphatic carbocycles. The number of hydrogen-bond donors (Lipinski definition) is 1. The molecule has 5 nitrogen and oxygen atoms in total. The number of benzene rings is 1. The van der Waals surface area contributed by atoms with E-state index in [1.165, 1.54) is 7.05 Å². The molecule has 1 unspecified atom stereocenters. The molecule has 1 atom stereocenters. The molecule has 92 valence electrons. The molecule has 1 N–H and O–H groups in total. The number of likely N-dealkylation sites (N-methyl/N-ethyl adjacent to an activating group) is 1. The van der Waals surface area contributed by atoms with Crippen molar-refractivity contribution in [2.45, 2.75) is 12.5 Å². The maximum absolute atomic E-state index is 11.7. The molecule has 0 spiro atoms. The van der Waals surface area contributed by atoms with E-state index in [-0.39, 0.29) is 18.2 Å². The van der Waals surface area contributed by atoms with Crippen LogP contribution in [0.15, 0.2) is 22.7 Å². The van der Waals surface area contributed by atoms with Crippen LogP contribution in [0.1, 0.15) is 12.0 Å². The smallest absolute Gasteiger partial charge is 0.251 e. The Labute approximate surface area is 113 Å². The lowest BCUT2D eigenvalue weighted by molar-refractivity contribution is -0.136. The number of anilines is 1. The number of carbonyl (C=O) groups excluding carboxylic acids is 2. The predicted octanol–water partition coefficient (Wildman–Crippen LogP) is 1.49. The lowest BCUT2D eigenvalue weighted by Gasteiger charge is -2.12. The third-order valence-electron chi connectivity index (χ3n) is 2.81. The summed E-state index contributed by atoms with van der Waals surface area (Å²) in [4.78, 5) is 24.2. The highest BCUT2D eigenvalue weighted by atomic mass is 79.9. The van der Waals surface area contributed by atoms with Gasteiger partial charge in [-0.25, -0.2) is 0 Å². The monoisotopic (exact) mass is 307 g/mol. The third-order valence-corrected chi connectivity index (χ3v) is 3.47.